The minimum atomic E-state index is -0.511. The zero-order valence-electron chi connectivity index (χ0n) is 14.0. The summed E-state index contributed by atoms with van der Waals surface area (Å²) in [5, 5.41) is 9.97. The first-order chi connectivity index (χ1) is 13.1. The monoisotopic (exact) mass is 359 g/mol. The first-order valence-corrected chi connectivity index (χ1v) is 8.10. The van der Waals surface area contributed by atoms with Gasteiger partial charge >= 0.3 is 5.97 Å². The summed E-state index contributed by atoms with van der Waals surface area (Å²) in [7, 11) is 0. The van der Waals surface area contributed by atoms with Crippen LogP contribution in [0.1, 0.15) is 10.4 Å². The molecule has 0 spiro atoms. The molecule has 2 aromatic heterocycles. The average Bonchev–Trinajstić information content (AvgIpc) is 2.69. The van der Waals surface area contributed by atoms with E-state index < -0.39 is 5.97 Å². The van der Waals surface area contributed by atoms with Gasteiger partial charge in [0.05, 0.1) is 10.9 Å². The molecule has 132 valence electrons. The molecule has 6 heteroatoms. The SMILES string of the molecule is O=C(Oc1ccc(-c2cc(=O)c3ccc(O)cc3o2)cc1)c1cccnc1. The summed E-state index contributed by atoms with van der Waals surface area (Å²) in [6.45, 7) is 0. The molecule has 0 saturated carbocycles. The number of esters is 1. The quantitative estimate of drug-likeness (QED) is 0.442. The lowest BCUT2D eigenvalue weighted by Gasteiger charge is -2.06. The van der Waals surface area contributed by atoms with Gasteiger partial charge in [0.1, 0.15) is 22.8 Å². The Bertz CT molecular complexity index is 1180. The van der Waals surface area contributed by atoms with Crippen molar-refractivity contribution in [3.8, 4) is 22.8 Å². The maximum Gasteiger partial charge on any atom is 0.345 e. The smallest absolute Gasteiger partial charge is 0.345 e. The summed E-state index contributed by atoms with van der Waals surface area (Å²) in [6, 6.07) is 15.6. The van der Waals surface area contributed by atoms with Gasteiger partial charge in [0.2, 0.25) is 0 Å². The summed E-state index contributed by atoms with van der Waals surface area (Å²) in [5.41, 5.74) is 1.07. The van der Waals surface area contributed by atoms with Crippen molar-refractivity contribution >= 4 is 16.9 Å². The number of benzene rings is 2. The van der Waals surface area contributed by atoms with Crippen LogP contribution >= 0.6 is 0 Å². The van der Waals surface area contributed by atoms with Gasteiger partial charge < -0.3 is 14.3 Å². The molecule has 0 atom stereocenters. The Morgan fingerprint density at radius 2 is 1.85 bits per heavy atom. The number of fused-ring (bicyclic) bond motifs is 1. The number of carbonyl (C=O) groups excluding carboxylic acids is 1. The number of hydrogen-bond acceptors (Lipinski definition) is 6. The molecular formula is C21H13NO5. The Morgan fingerprint density at radius 1 is 1.04 bits per heavy atom. The number of phenols is 1. The van der Waals surface area contributed by atoms with Gasteiger partial charge in [-0.3, -0.25) is 9.78 Å². The normalized spacial score (nSPS) is 10.7. The van der Waals surface area contributed by atoms with E-state index in [1.54, 1.807) is 42.6 Å². The second-order valence-electron chi connectivity index (χ2n) is 5.81. The maximum atomic E-state index is 12.2. The highest BCUT2D eigenvalue weighted by atomic mass is 16.5. The fraction of sp³-hybridized carbons (Fsp3) is 0. The molecule has 4 rings (SSSR count). The fourth-order valence-corrected chi connectivity index (χ4v) is 2.62. The van der Waals surface area contributed by atoms with Crippen molar-refractivity contribution in [3.63, 3.8) is 0 Å². The van der Waals surface area contributed by atoms with Crippen molar-refractivity contribution in [1.82, 2.24) is 4.98 Å². The van der Waals surface area contributed by atoms with E-state index in [0.717, 1.165) is 0 Å². The van der Waals surface area contributed by atoms with E-state index >= 15 is 0 Å². The highest BCUT2D eigenvalue weighted by molar-refractivity contribution is 5.90. The van der Waals surface area contributed by atoms with Gasteiger partial charge in [-0.25, -0.2) is 4.79 Å². The predicted molar refractivity (Wildman–Crippen MR) is 98.8 cm³/mol. The zero-order chi connectivity index (χ0) is 18.8. The third-order valence-electron chi connectivity index (χ3n) is 3.96. The van der Waals surface area contributed by atoms with Crippen molar-refractivity contribution in [1.29, 1.82) is 0 Å². The number of phenolic OH excluding ortho intramolecular Hbond substituents is 1. The summed E-state index contributed by atoms with van der Waals surface area (Å²) in [4.78, 5) is 28.2. The Balaban J connectivity index is 1.62. The highest BCUT2D eigenvalue weighted by Gasteiger charge is 2.10. The van der Waals surface area contributed by atoms with E-state index in [2.05, 4.69) is 4.98 Å². The first-order valence-electron chi connectivity index (χ1n) is 8.10. The molecule has 0 amide bonds. The van der Waals surface area contributed by atoms with E-state index in [-0.39, 0.29) is 11.2 Å². The average molecular weight is 359 g/mol. The lowest BCUT2D eigenvalue weighted by Crippen LogP contribution is -2.08. The third-order valence-corrected chi connectivity index (χ3v) is 3.96. The Hall–Kier alpha value is -3.93. The van der Waals surface area contributed by atoms with Crippen molar-refractivity contribution in [2.75, 3.05) is 0 Å². The van der Waals surface area contributed by atoms with Crippen LogP contribution in [0.4, 0.5) is 0 Å². The van der Waals surface area contributed by atoms with Crippen LogP contribution in [-0.2, 0) is 0 Å². The molecule has 0 aliphatic rings. The third kappa shape index (κ3) is 3.41. The number of pyridine rings is 1. The number of aromatic nitrogens is 1. The molecule has 0 bridgehead atoms. The van der Waals surface area contributed by atoms with Crippen LogP contribution in [0.25, 0.3) is 22.3 Å². The number of aromatic hydroxyl groups is 1. The molecule has 0 saturated heterocycles. The van der Waals surface area contributed by atoms with Crippen molar-refractivity contribution in [3.05, 3.63) is 88.8 Å². The van der Waals surface area contributed by atoms with Crippen LogP contribution in [-0.4, -0.2) is 16.1 Å². The van der Waals surface area contributed by atoms with E-state index in [0.29, 0.717) is 33.6 Å². The fourth-order valence-electron chi connectivity index (χ4n) is 2.62. The molecule has 2 aromatic carbocycles. The summed E-state index contributed by atoms with van der Waals surface area (Å²) >= 11 is 0. The number of carbonyl (C=O) groups is 1. The van der Waals surface area contributed by atoms with Gasteiger partial charge in [-0.1, -0.05) is 0 Å². The highest BCUT2D eigenvalue weighted by Crippen LogP contribution is 2.26. The Morgan fingerprint density at radius 3 is 2.59 bits per heavy atom. The molecule has 0 aliphatic heterocycles. The van der Waals surface area contributed by atoms with Gasteiger partial charge in [0, 0.05) is 30.1 Å². The lowest BCUT2D eigenvalue weighted by molar-refractivity contribution is 0.0734. The number of ether oxygens (including phenoxy) is 1. The minimum absolute atomic E-state index is 0.0143. The van der Waals surface area contributed by atoms with E-state index in [9.17, 15) is 14.7 Å². The van der Waals surface area contributed by atoms with Crippen LogP contribution in [0, 0.1) is 0 Å². The molecular weight excluding hydrogens is 346 g/mol. The number of hydrogen-bond donors (Lipinski definition) is 1. The van der Waals surface area contributed by atoms with Crippen LogP contribution in [0.2, 0.25) is 0 Å². The van der Waals surface area contributed by atoms with Crippen molar-refractivity contribution in [2.24, 2.45) is 0 Å². The molecule has 1 N–H and O–H groups in total. The largest absolute Gasteiger partial charge is 0.508 e. The van der Waals surface area contributed by atoms with Gasteiger partial charge in [-0.05, 0) is 48.5 Å². The summed E-state index contributed by atoms with van der Waals surface area (Å²) in [5.74, 6) is 0.209. The molecule has 4 aromatic rings. The molecule has 0 fully saturated rings. The molecule has 0 aliphatic carbocycles. The molecule has 6 nitrogen and oxygen atoms in total. The van der Waals surface area contributed by atoms with Crippen LogP contribution < -0.4 is 10.2 Å². The van der Waals surface area contributed by atoms with E-state index in [1.807, 2.05) is 0 Å². The second kappa shape index (κ2) is 6.76. The minimum Gasteiger partial charge on any atom is -0.508 e. The van der Waals surface area contributed by atoms with Gasteiger partial charge in [-0.2, -0.15) is 0 Å². The second-order valence-corrected chi connectivity index (χ2v) is 5.81. The van der Waals surface area contributed by atoms with Gasteiger partial charge in [-0.15, -0.1) is 0 Å². The zero-order valence-corrected chi connectivity index (χ0v) is 14.0. The van der Waals surface area contributed by atoms with Crippen LogP contribution in [0.15, 0.2) is 82.3 Å². The number of nitrogens with zero attached hydrogens (tertiary/aromatic N) is 1. The van der Waals surface area contributed by atoms with Crippen molar-refractivity contribution < 1.29 is 19.1 Å². The molecule has 0 radical (unpaired) electrons. The maximum absolute atomic E-state index is 12.2. The number of rotatable bonds is 3. The van der Waals surface area contributed by atoms with Gasteiger partial charge in [0.15, 0.2) is 5.43 Å². The van der Waals surface area contributed by atoms with E-state index in [4.69, 9.17) is 9.15 Å². The Kier molecular flexibility index (Phi) is 4.14. The Labute approximate surface area is 153 Å². The van der Waals surface area contributed by atoms with Crippen molar-refractivity contribution in [2.45, 2.75) is 0 Å². The lowest BCUT2D eigenvalue weighted by atomic mass is 10.1. The molecule has 0 unspecified atom stereocenters. The topological polar surface area (TPSA) is 89.6 Å². The van der Waals surface area contributed by atoms with Crippen LogP contribution in [0.3, 0.4) is 0 Å². The summed E-state index contributed by atoms with van der Waals surface area (Å²) in [6.07, 6.45) is 3.00. The van der Waals surface area contributed by atoms with Crippen LogP contribution in [0.5, 0.6) is 11.5 Å². The van der Waals surface area contributed by atoms with E-state index in [1.165, 1.54) is 30.5 Å². The molecule has 27 heavy (non-hydrogen) atoms. The predicted octanol–water partition coefficient (Wildman–Crippen LogP) is 3.78. The summed E-state index contributed by atoms with van der Waals surface area (Å²) < 4.78 is 11.0. The van der Waals surface area contributed by atoms with Gasteiger partial charge in [0.25, 0.3) is 0 Å². The first kappa shape index (κ1) is 16.5. The standard InChI is InChI=1S/C21H13NO5/c23-15-5-8-17-18(24)11-19(27-20(17)10-15)13-3-6-16(7-4-13)26-21(25)14-2-1-9-22-12-14/h1-12,23H. The molecule has 2 heterocycles.